The number of carbonyl (C=O) groups is 1. The van der Waals surface area contributed by atoms with Crippen molar-refractivity contribution in [3.63, 3.8) is 0 Å². The summed E-state index contributed by atoms with van der Waals surface area (Å²) in [5.74, 6) is 1.74. The van der Waals surface area contributed by atoms with Crippen LogP contribution in [0.3, 0.4) is 0 Å². The van der Waals surface area contributed by atoms with Crippen LogP contribution in [0.5, 0.6) is 0 Å². The van der Waals surface area contributed by atoms with Crippen LogP contribution in [0.2, 0.25) is 0 Å². The number of aromatic nitrogens is 2. The quantitative estimate of drug-likeness (QED) is 0.751. The molecule has 2 heterocycles. The molecule has 0 radical (unpaired) electrons. The number of ether oxygens (including phenoxy) is 1. The lowest BCUT2D eigenvalue weighted by atomic mass is 10.1. The zero-order valence-electron chi connectivity index (χ0n) is 9.44. The largest absolute Gasteiger partial charge is 0.381 e. The molecule has 2 rings (SSSR count). The van der Waals surface area contributed by atoms with Crippen LogP contribution in [-0.2, 0) is 22.4 Å². The van der Waals surface area contributed by atoms with Gasteiger partial charge in [-0.25, -0.2) is 0 Å². The lowest BCUT2D eigenvalue weighted by Crippen LogP contribution is -2.05. The molecule has 5 heteroatoms. The summed E-state index contributed by atoms with van der Waals surface area (Å²) in [6, 6.07) is 0. The molecule has 0 bridgehead atoms. The fraction of sp³-hybridized carbons (Fsp3) is 0.727. The predicted molar refractivity (Wildman–Crippen MR) is 55.9 cm³/mol. The van der Waals surface area contributed by atoms with Crippen LogP contribution in [0.25, 0.3) is 0 Å². The van der Waals surface area contributed by atoms with E-state index in [1.54, 1.807) is 0 Å². The first-order valence-electron chi connectivity index (χ1n) is 5.69. The minimum atomic E-state index is 0.124. The van der Waals surface area contributed by atoms with Gasteiger partial charge in [0.1, 0.15) is 5.78 Å². The van der Waals surface area contributed by atoms with Gasteiger partial charge in [-0.15, -0.1) is 0 Å². The van der Waals surface area contributed by atoms with E-state index in [1.807, 2.05) is 6.92 Å². The second-order valence-electron chi connectivity index (χ2n) is 4.11. The standard InChI is InChI=1S/C11H16N2O3/c1-2-9(14)6-11-12-10(13-16-11)5-8-3-4-15-7-8/h8H,2-7H2,1H3. The van der Waals surface area contributed by atoms with E-state index in [-0.39, 0.29) is 12.2 Å². The number of hydrogen-bond donors (Lipinski definition) is 0. The Balaban J connectivity index is 1.88. The minimum Gasteiger partial charge on any atom is -0.381 e. The van der Waals surface area contributed by atoms with Crippen LogP contribution < -0.4 is 0 Å². The molecule has 88 valence electrons. The van der Waals surface area contributed by atoms with E-state index in [0.717, 1.165) is 26.1 Å². The zero-order chi connectivity index (χ0) is 11.4. The van der Waals surface area contributed by atoms with Crippen molar-refractivity contribution >= 4 is 5.78 Å². The van der Waals surface area contributed by atoms with Crippen molar-refractivity contribution in [3.05, 3.63) is 11.7 Å². The van der Waals surface area contributed by atoms with Gasteiger partial charge in [0.15, 0.2) is 5.82 Å². The number of Topliss-reactive ketones (excluding diaryl/α,β-unsaturated/α-hetero) is 1. The Labute approximate surface area is 94.2 Å². The van der Waals surface area contributed by atoms with Crippen molar-refractivity contribution in [1.82, 2.24) is 10.1 Å². The average molecular weight is 224 g/mol. The Kier molecular flexibility index (Phi) is 3.66. The monoisotopic (exact) mass is 224 g/mol. The topological polar surface area (TPSA) is 65.2 Å². The first kappa shape index (κ1) is 11.3. The van der Waals surface area contributed by atoms with E-state index in [1.165, 1.54) is 0 Å². The molecule has 1 aliphatic heterocycles. The van der Waals surface area contributed by atoms with E-state index in [9.17, 15) is 4.79 Å². The van der Waals surface area contributed by atoms with Crippen molar-refractivity contribution in [1.29, 1.82) is 0 Å². The molecule has 0 spiro atoms. The summed E-state index contributed by atoms with van der Waals surface area (Å²) in [6.45, 7) is 3.43. The molecule has 0 aromatic carbocycles. The van der Waals surface area contributed by atoms with Gasteiger partial charge < -0.3 is 9.26 Å². The molecule has 0 N–H and O–H groups in total. The molecular formula is C11H16N2O3. The number of nitrogens with zero attached hydrogens (tertiary/aromatic N) is 2. The van der Waals surface area contributed by atoms with Gasteiger partial charge in [0.05, 0.1) is 6.42 Å². The van der Waals surface area contributed by atoms with E-state index in [4.69, 9.17) is 9.26 Å². The van der Waals surface area contributed by atoms with Crippen LogP contribution in [0, 0.1) is 5.92 Å². The molecule has 1 unspecified atom stereocenters. The van der Waals surface area contributed by atoms with Gasteiger partial charge in [0.25, 0.3) is 0 Å². The van der Waals surface area contributed by atoms with Crippen LogP contribution in [0.4, 0.5) is 0 Å². The summed E-state index contributed by atoms with van der Waals surface area (Å²) in [5.41, 5.74) is 0. The third-order valence-electron chi connectivity index (χ3n) is 2.75. The summed E-state index contributed by atoms with van der Waals surface area (Å²) in [6.07, 6.45) is 2.60. The fourth-order valence-electron chi connectivity index (χ4n) is 1.74. The molecule has 1 fully saturated rings. The van der Waals surface area contributed by atoms with Crippen LogP contribution in [0.15, 0.2) is 4.52 Å². The van der Waals surface area contributed by atoms with E-state index >= 15 is 0 Å². The highest BCUT2D eigenvalue weighted by Crippen LogP contribution is 2.16. The minimum absolute atomic E-state index is 0.124. The average Bonchev–Trinajstić information content (AvgIpc) is 2.91. The van der Waals surface area contributed by atoms with Crippen molar-refractivity contribution in [3.8, 4) is 0 Å². The molecule has 5 nitrogen and oxygen atoms in total. The summed E-state index contributed by atoms with van der Waals surface area (Å²) in [4.78, 5) is 15.4. The Morgan fingerprint density at radius 1 is 1.56 bits per heavy atom. The number of carbonyl (C=O) groups excluding carboxylic acids is 1. The summed E-state index contributed by atoms with van der Waals surface area (Å²) in [5, 5.41) is 3.87. The second-order valence-corrected chi connectivity index (χ2v) is 4.11. The molecule has 1 aliphatic rings. The van der Waals surface area contributed by atoms with Gasteiger partial charge in [0.2, 0.25) is 5.89 Å². The highest BCUT2D eigenvalue weighted by Gasteiger charge is 2.19. The van der Waals surface area contributed by atoms with E-state index < -0.39 is 0 Å². The lowest BCUT2D eigenvalue weighted by Gasteiger charge is -2.00. The van der Waals surface area contributed by atoms with Gasteiger partial charge in [0, 0.05) is 26.1 Å². The van der Waals surface area contributed by atoms with Gasteiger partial charge >= 0.3 is 0 Å². The van der Waals surface area contributed by atoms with Crippen LogP contribution >= 0.6 is 0 Å². The molecular weight excluding hydrogens is 208 g/mol. The number of hydrogen-bond acceptors (Lipinski definition) is 5. The zero-order valence-corrected chi connectivity index (χ0v) is 9.44. The van der Waals surface area contributed by atoms with Gasteiger partial charge in [-0.3, -0.25) is 4.79 Å². The van der Waals surface area contributed by atoms with Crippen LogP contribution in [0.1, 0.15) is 31.5 Å². The second kappa shape index (κ2) is 5.21. The normalized spacial score (nSPS) is 20.2. The Morgan fingerprint density at radius 3 is 3.12 bits per heavy atom. The Hall–Kier alpha value is -1.23. The number of ketones is 1. The molecule has 0 aliphatic carbocycles. The Morgan fingerprint density at radius 2 is 2.44 bits per heavy atom. The fourth-order valence-corrected chi connectivity index (χ4v) is 1.74. The molecule has 1 aromatic heterocycles. The van der Waals surface area contributed by atoms with Gasteiger partial charge in [-0.1, -0.05) is 12.1 Å². The highest BCUT2D eigenvalue weighted by atomic mass is 16.5. The first-order valence-corrected chi connectivity index (χ1v) is 5.69. The van der Waals surface area contributed by atoms with Crippen molar-refractivity contribution < 1.29 is 14.1 Å². The Bertz CT molecular complexity index is 356. The van der Waals surface area contributed by atoms with Gasteiger partial charge in [-0.05, 0) is 12.3 Å². The van der Waals surface area contributed by atoms with Crippen molar-refractivity contribution in [2.24, 2.45) is 5.92 Å². The maximum atomic E-state index is 11.2. The molecule has 0 amide bonds. The van der Waals surface area contributed by atoms with E-state index in [2.05, 4.69) is 10.1 Å². The third kappa shape index (κ3) is 2.88. The maximum absolute atomic E-state index is 11.2. The lowest BCUT2D eigenvalue weighted by molar-refractivity contribution is -0.118. The SMILES string of the molecule is CCC(=O)Cc1nc(CC2CCOC2)no1. The highest BCUT2D eigenvalue weighted by molar-refractivity contribution is 5.79. The predicted octanol–water partition coefficient (Wildman–Crippen LogP) is 1.17. The van der Waals surface area contributed by atoms with Gasteiger partial charge in [-0.2, -0.15) is 4.98 Å². The molecule has 0 saturated carbocycles. The van der Waals surface area contributed by atoms with Crippen molar-refractivity contribution in [2.45, 2.75) is 32.6 Å². The first-order chi connectivity index (χ1) is 7.78. The molecule has 1 saturated heterocycles. The smallest absolute Gasteiger partial charge is 0.234 e. The summed E-state index contributed by atoms with van der Waals surface area (Å²) < 4.78 is 10.3. The summed E-state index contributed by atoms with van der Waals surface area (Å²) in [7, 11) is 0. The molecule has 16 heavy (non-hydrogen) atoms. The number of rotatable bonds is 5. The molecule has 1 atom stereocenters. The maximum Gasteiger partial charge on any atom is 0.234 e. The van der Waals surface area contributed by atoms with Crippen molar-refractivity contribution in [2.75, 3.05) is 13.2 Å². The third-order valence-corrected chi connectivity index (χ3v) is 2.75. The summed E-state index contributed by atoms with van der Waals surface area (Å²) >= 11 is 0. The van der Waals surface area contributed by atoms with Crippen LogP contribution in [-0.4, -0.2) is 29.1 Å². The molecule has 1 aromatic rings. The van der Waals surface area contributed by atoms with E-state index in [0.29, 0.717) is 24.1 Å².